The zero-order chi connectivity index (χ0) is 25.2. The molecular formula is C29H45NO6. The van der Waals surface area contributed by atoms with Crippen LogP contribution in [0.2, 0.25) is 0 Å². The molecule has 36 heavy (non-hydrogen) atoms. The Morgan fingerprint density at radius 1 is 0.889 bits per heavy atom. The molecule has 0 amide bonds. The lowest BCUT2D eigenvalue weighted by Crippen LogP contribution is -2.65. The normalized spacial score (nSPS) is 29.4. The number of piperidine rings is 1. The number of epoxide rings is 1. The van der Waals surface area contributed by atoms with E-state index >= 15 is 0 Å². The molecule has 2 unspecified atom stereocenters. The molecule has 0 radical (unpaired) electrons. The van der Waals surface area contributed by atoms with Gasteiger partial charge < -0.3 is 23.7 Å². The average Bonchev–Trinajstić information content (AvgIpc) is 3.60. The Morgan fingerprint density at radius 2 is 1.58 bits per heavy atom. The van der Waals surface area contributed by atoms with Gasteiger partial charge in [0.05, 0.1) is 32.5 Å². The molecule has 7 nitrogen and oxygen atoms in total. The first-order chi connectivity index (χ1) is 17.2. The molecule has 3 saturated heterocycles. The zero-order valence-electron chi connectivity index (χ0n) is 22.6. The Hall–Kier alpha value is -1.22. The van der Waals surface area contributed by atoms with Gasteiger partial charge in [-0.05, 0) is 64.7 Å². The van der Waals surface area contributed by atoms with Crippen LogP contribution in [0.1, 0.15) is 78.2 Å². The second-order valence-electron chi connectivity index (χ2n) is 12.3. The maximum absolute atomic E-state index is 6.57. The maximum atomic E-state index is 6.57. The molecule has 2 atom stereocenters. The Balaban J connectivity index is 1.10. The molecule has 3 aliphatic heterocycles. The van der Waals surface area contributed by atoms with Crippen LogP contribution in [0, 0.1) is 0 Å². The van der Waals surface area contributed by atoms with Crippen molar-refractivity contribution in [1.82, 2.24) is 5.06 Å². The Kier molecular flexibility index (Phi) is 7.97. The summed E-state index contributed by atoms with van der Waals surface area (Å²) >= 11 is 0. The second-order valence-corrected chi connectivity index (χ2v) is 12.3. The fourth-order valence-electron chi connectivity index (χ4n) is 6.41. The minimum Gasteiger partial charge on any atom is -0.491 e. The van der Waals surface area contributed by atoms with Gasteiger partial charge in [0.25, 0.3) is 0 Å². The standard InChI is InChI=1S/C29H45NO6/c1-27(2)20-29(34-19-26(36-29)18-32-23-8-6-5-7-9-23)21-28(3,4)30(27)35-15-14-22-10-12-24(13-11-22)31-16-25-17-33-25/h10-13,23,25-26H,5-9,14-21H2,1-4H3. The smallest absolute Gasteiger partial charge is 0.172 e. The third kappa shape index (κ3) is 6.61. The van der Waals surface area contributed by atoms with E-state index in [1.54, 1.807) is 0 Å². The lowest BCUT2D eigenvalue weighted by molar-refractivity contribution is -0.337. The van der Waals surface area contributed by atoms with Crippen LogP contribution in [-0.2, 0) is 30.2 Å². The Morgan fingerprint density at radius 3 is 2.25 bits per heavy atom. The van der Waals surface area contributed by atoms with Crippen molar-refractivity contribution in [3.8, 4) is 5.75 Å². The van der Waals surface area contributed by atoms with E-state index in [0.29, 0.717) is 32.5 Å². The summed E-state index contributed by atoms with van der Waals surface area (Å²) in [7, 11) is 0. The second kappa shape index (κ2) is 10.9. The third-order valence-corrected chi connectivity index (χ3v) is 7.86. The van der Waals surface area contributed by atoms with Crippen molar-refractivity contribution < 1.29 is 28.5 Å². The Labute approximate surface area is 216 Å². The van der Waals surface area contributed by atoms with Crippen molar-refractivity contribution in [2.75, 3.05) is 33.0 Å². The minimum atomic E-state index is -0.575. The van der Waals surface area contributed by atoms with Gasteiger partial charge in [-0.3, -0.25) is 4.84 Å². The Bertz CT molecular complexity index is 828. The summed E-state index contributed by atoms with van der Waals surface area (Å²) in [6.07, 6.45) is 9.31. The van der Waals surface area contributed by atoms with Crippen LogP contribution in [0.5, 0.6) is 5.75 Å². The van der Waals surface area contributed by atoms with Crippen LogP contribution in [0.4, 0.5) is 0 Å². The van der Waals surface area contributed by atoms with Crippen molar-refractivity contribution in [1.29, 1.82) is 0 Å². The summed E-state index contributed by atoms with van der Waals surface area (Å²) in [5.74, 6) is 0.312. The number of hydrogen-bond donors (Lipinski definition) is 0. The number of hydroxylamine groups is 2. The van der Waals surface area contributed by atoms with E-state index in [2.05, 4.69) is 44.9 Å². The maximum Gasteiger partial charge on any atom is 0.172 e. The highest BCUT2D eigenvalue weighted by molar-refractivity contribution is 5.27. The summed E-state index contributed by atoms with van der Waals surface area (Å²) in [6.45, 7) is 12.2. The van der Waals surface area contributed by atoms with E-state index in [1.165, 1.54) is 37.7 Å². The quantitative estimate of drug-likeness (QED) is 0.414. The van der Waals surface area contributed by atoms with Crippen LogP contribution < -0.4 is 4.74 Å². The monoisotopic (exact) mass is 503 g/mol. The van der Waals surface area contributed by atoms with E-state index in [1.807, 2.05) is 12.1 Å². The third-order valence-electron chi connectivity index (χ3n) is 7.86. The first kappa shape index (κ1) is 26.4. The van der Waals surface area contributed by atoms with Gasteiger partial charge in [0.2, 0.25) is 0 Å². The highest BCUT2D eigenvalue weighted by Crippen LogP contribution is 2.48. The SMILES string of the molecule is CC1(C)CC2(CC(C)(C)N1OCCc1ccc(OCC3CO3)cc1)OCC(COC1CCCCC1)O2. The van der Waals surface area contributed by atoms with Gasteiger partial charge in [-0.2, -0.15) is 5.06 Å². The van der Waals surface area contributed by atoms with E-state index in [-0.39, 0.29) is 23.3 Å². The number of ether oxygens (including phenoxy) is 5. The molecule has 4 fully saturated rings. The van der Waals surface area contributed by atoms with Gasteiger partial charge in [0, 0.05) is 23.9 Å². The predicted octanol–water partition coefficient (Wildman–Crippen LogP) is 5.05. The lowest BCUT2D eigenvalue weighted by Gasteiger charge is -2.56. The molecular weight excluding hydrogens is 458 g/mol. The summed E-state index contributed by atoms with van der Waals surface area (Å²) in [5.41, 5.74) is 0.768. The van der Waals surface area contributed by atoms with E-state index in [9.17, 15) is 0 Å². The van der Waals surface area contributed by atoms with Crippen molar-refractivity contribution >= 4 is 0 Å². The number of nitrogens with zero attached hydrogens (tertiary/aromatic N) is 1. The number of benzene rings is 1. The number of rotatable bonds is 10. The lowest BCUT2D eigenvalue weighted by atomic mass is 9.78. The summed E-state index contributed by atoms with van der Waals surface area (Å²) in [4.78, 5) is 6.44. The van der Waals surface area contributed by atoms with Crippen molar-refractivity contribution in [3.05, 3.63) is 29.8 Å². The largest absolute Gasteiger partial charge is 0.491 e. The molecule has 1 saturated carbocycles. The topological polar surface area (TPSA) is 61.9 Å². The summed E-state index contributed by atoms with van der Waals surface area (Å²) in [6, 6.07) is 8.28. The molecule has 1 spiro atoms. The van der Waals surface area contributed by atoms with E-state index in [0.717, 1.165) is 31.6 Å². The van der Waals surface area contributed by atoms with Crippen molar-refractivity contribution in [3.63, 3.8) is 0 Å². The van der Waals surface area contributed by atoms with Crippen LogP contribution in [0.15, 0.2) is 24.3 Å². The van der Waals surface area contributed by atoms with Crippen LogP contribution in [-0.4, -0.2) is 73.3 Å². The van der Waals surface area contributed by atoms with Gasteiger partial charge >= 0.3 is 0 Å². The molecule has 4 aliphatic rings. The molecule has 1 aliphatic carbocycles. The highest BCUT2D eigenvalue weighted by atomic mass is 16.8. The van der Waals surface area contributed by atoms with Crippen LogP contribution in [0.25, 0.3) is 0 Å². The van der Waals surface area contributed by atoms with Gasteiger partial charge in [-0.15, -0.1) is 0 Å². The molecule has 0 bridgehead atoms. The van der Waals surface area contributed by atoms with Gasteiger partial charge in [0.15, 0.2) is 5.79 Å². The van der Waals surface area contributed by atoms with E-state index in [4.69, 9.17) is 28.5 Å². The first-order valence-corrected chi connectivity index (χ1v) is 13.9. The molecule has 0 aromatic heterocycles. The zero-order valence-corrected chi connectivity index (χ0v) is 22.6. The molecule has 0 N–H and O–H groups in total. The highest BCUT2D eigenvalue weighted by Gasteiger charge is 2.57. The van der Waals surface area contributed by atoms with Crippen LogP contribution in [0.3, 0.4) is 0 Å². The molecule has 3 heterocycles. The number of hydrogen-bond acceptors (Lipinski definition) is 7. The van der Waals surface area contributed by atoms with Gasteiger partial charge in [-0.25, -0.2) is 0 Å². The van der Waals surface area contributed by atoms with Crippen molar-refractivity contribution in [2.45, 2.75) is 114 Å². The predicted molar refractivity (Wildman–Crippen MR) is 137 cm³/mol. The molecule has 1 aromatic rings. The minimum absolute atomic E-state index is 0.00903. The van der Waals surface area contributed by atoms with Gasteiger partial charge in [-0.1, -0.05) is 31.4 Å². The average molecular weight is 504 g/mol. The van der Waals surface area contributed by atoms with E-state index < -0.39 is 5.79 Å². The molecule has 1 aromatic carbocycles. The summed E-state index contributed by atoms with van der Waals surface area (Å²) < 4.78 is 30.1. The molecule has 5 rings (SSSR count). The fourth-order valence-corrected chi connectivity index (χ4v) is 6.41. The van der Waals surface area contributed by atoms with Gasteiger partial charge in [0.1, 0.15) is 24.6 Å². The fraction of sp³-hybridized carbons (Fsp3) is 0.793. The molecule has 7 heteroatoms. The molecule has 202 valence electrons. The van der Waals surface area contributed by atoms with Crippen molar-refractivity contribution in [2.24, 2.45) is 0 Å². The van der Waals surface area contributed by atoms with Crippen LogP contribution >= 0.6 is 0 Å². The summed E-state index contributed by atoms with van der Waals surface area (Å²) in [5, 5.41) is 2.18. The first-order valence-electron chi connectivity index (χ1n) is 13.9.